The molecule has 1 amide bonds. The second-order valence-corrected chi connectivity index (χ2v) is 5.49. The van der Waals surface area contributed by atoms with E-state index in [0.717, 1.165) is 0 Å². The molecule has 0 aliphatic rings. The molecule has 0 unspecified atom stereocenters. The molecule has 0 heterocycles. The van der Waals surface area contributed by atoms with Gasteiger partial charge in [-0.2, -0.15) is 0 Å². The van der Waals surface area contributed by atoms with Crippen LogP contribution in [0.2, 0.25) is 0 Å². The van der Waals surface area contributed by atoms with Gasteiger partial charge in [0.25, 0.3) is 5.91 Å². The van der Waals surface area contributed by atoms with Crippen molar-refractivity contribution in [3.63, 3.8) is 0 Å². The molecule has 4 nitrogen and oxygen atoms in total. The van der Waals surface area contributed by atoms with Crippen molar-refractivity contribution in [1.29, 1.82) is 0 Å². The fourth-order valence-electron chi connectivity index (χ4n) is 1.43. The zero-order chi connectivity index (χ0) is 15.2. The molecule has 0 fully saturated rings. The van der Waals surface area contributed by atoms with Crippen molar-refractivity contribution in [3.8, 4) is 5.75 Å². The standard InChI is InChI=1S/C15H21FN2O2.ClH/c1-15(2,3)18-14(19)12-4-6-13(7-5-12)20-10-11(8-16)9-17;/h4-8H,9-10,17H2,1-3H3,(H,18,19);1H/b11-8-;. The zero-order valence-corrected chi connectivity index (χ0v) is 13.3. The van der Waals surface area contributed by atoms with E-state index in [9.17, 15) is 9.18 Å². The van der Waals surface area contributed by atoms with Gasteiger partial charge in [-0.1, -0.05) is 0 Å². The molecule has 0 radical (unpaired) electrons. The van der Waals surface area contributed by atoms with Crippen LogP contribution in [0.1, 0.15) is 31.1 Å². The molecule has 0 saturated carbocycles. The molecule has 0 spiro atoms. The average Bonchev–Trinajstić information content (AvgIpc) is 2.38. The van der Waals surface area contributed by atoms with Crippen LogP contribution in [0.5, 0.6) is 5.75 Å². The van der Waals surface area contributed by atoms with E-state index < -0.39 is 0 Å². The zero-order valence-electron chi connectivity index (χ0n) is 12.5. The summed E-state index contributed by atoms with van der Waals surface area (Å²) in [6.07, 6.45) is 0.450. The van der Waals surface area contributed by atoms with E-state index in [0.29, 0.717) is 23.2 Å². The van der Waals surface area contributed by atoms with Crippen molar-refractivity contribution in [2.75, 3.05) is 13.2 Å². The quantitative estimate of drug-likeness (QED) is 0.878. The van der Waals surface area contributed by atoms with Gasteiger partial charge in [-0.05, 0) is 45.0 Å². The SMILES string of the molecule is CC(C)(C)NC(=O)c1ccc(OC/C(=C\F)CN)cc1.Cl. The molecule has 21 heavy (non-hydrogen) atoms. The number of halogens is 2. The summed E-state index contributed by atoms with van der Waals surface area (Å²) in [4.78, 5) is 11.9. The number of carbonyl (C=O) groups excluding carboxylic acids is 1. The largest absolute Gasteiger partial charge is 0.489 e. The number of nitrogens with one attached hydrogen (secondary N) is 1. The number of benzene rings is 1. The third-order valence-electron chi connectivity index (χ3n) is 2.45. The van der Waals surface area contributed by atoms with Gasteiger partial charge in [0.2, 0.25) is 0 Å². The van der Waals surface area contributed by atoms with Crippen molar-refractivity contribution in [2.24, 2.45) is 5.73 Å². The van der Waals surface area contributed by atoms with E-state index in [1.54, 1.807) is 24.3 Å². The first-order chi connectivity index (χ1) is 9.35. The van der Waals surface area contributed by atoms with Crippen LogP contribution in [-0.2, 0) is 0 Å². The van der Waals surface area contributed by atoms with E-state index in [2.05, 4.69) is 5.32 Å². The highest BCUT2D eigenvalue weighted by atomic mass is 35.5. The van der Waals surface area contributed by atoms with E-state index in [4.69, 9.17) is 10.5 Å². The van der Waals surface area contributed by atoms with Gasteiger partial charge in [0, 0.05) is 23.2 Å². The molecule has 0 bridgehead atoms. The lowest BCUT2D eigenvalue weighted by atomic mass is 10.1. The normalized spacial score (nSPS) is 11.6. The Kier molecular flexibility index (Phi) is 7.99. The van der Waals surface area contributed by atoms with Crippen LogP contribution in [0.15, 0.2) is 36.2 Å². The molecule has 118 valence electrons. The van der Waals surface area contributed by atoms with Gasteiger partial charge in [0.15, 0.2) is 0 Å². The molecule has 0 atom stereocenters. The minimum absolute atomic E-state index is 0. The van der Waals surface area contributed by atoms with Gasteiger partial charge in [0.05, 0.1) is 6.33 Å². The second-order valence-electron chi connectivity index (χ2n) is 5.49. The van der Waals surface area contributed by atoms with Gasteiger partial charge >= 0.3 is 0 Å². The molecular formula is C15H22ClFN2O2. The van der Waals surface area contributed by atoms with Crippen molar-refractivity contribution >= 4 is 18.3 Å². The number of hydrogen-bond acceptors (Lipinski definition) is 3. The van der Waals surface area contributed by atoms with E-state index in [1.165, 1.54) is 0 Å². The third-order valence-corrected chi connectivity index (χ3v) is 2.45. The van der Waals surface area contributed by atoms with Crippen LogP contribution in [0.3, 0.4) is 0 Å². The lowest BCUT2D eigenvalue weighted by molar-refractivity contribution is 0.0919. The van der Waals surface area contributed by atoms with Gasteiger partial charge in [-0.3, -0.25) is 4.79 Å². The second kappa shape index (κ2) is 8.64. The Morgan fingerprint density at radius 1 is 1.33 bits per heavy atom. The lowest BCUT2D eigenvalue weighted by Gasteiger charge is -2.20. The van der Waals surface area contributed by atoms with E-state index in [-0.39, 0.29) is 37.0 Å². The maximum Gasteiger partial charge on any atom is 0.251 e. The van der Waals surface area contributed by atoms with Gasteiger partial charge in [-0.15, -0.1) is 12.4 Å². The number of ether oxygens (including phenoxy) is 1. The Balaban J connectivity index is 0.00000400. The molecule has 6 heteroatoms. The molecule has 1 rings (SSSR count). The lowest BCUT2D eigenvalue weighted by Crippen LogP contribution is -2.40. The smallest absolute Gasteiger partial charge is 0.251 e. The molecule has 1 aromatic carbocycles. The van der Waals surface area contributed by atoms with Crippen LogP contribution < -0.4 is 15.8 Å². The summed E-state index contributed by atoms with van der Waals surface area (Å²) in [6, 6.07) is 6.67. The Morgan fingerprint density at radius 2 is 1.90 bits per heavy atom. The minimum Gasteiger partial charge on any atom is -0.489 e. The Bertz CT molecular complexity index is 481. The maximum absolute atomic E-state index is 12.3. The summed E-state index contributed by atoms with van der Waals surface area (Å²) in [5, 5.41) is 2.87. The molecule has 0 saturated heterocycles. The highest BCUT2D eigenvalue weighted by molar-refractivity contribution is 5.94. The molecular weight excluding hydrogens is 295 g/mol. The highest BCUT2D eigenvalue weighted by Gasteiger charge is 2.15. The topological polar surface area (TPSA) is 64.3 Å². The first-order valence-electron chi connectivity index (χ1n) is 6.39. The Hall–Kier alpha value is -1.59. The van der Waals surface area contributed by atoms with Crippen LogP contribution in [0.25, 0.3) is 0 Å². The molecule has 0 aliphatic heterocycles. The monoisotopic (exact) mass is 316 g/mol. The predicted molar refractivity (Wildman–Crippen MR) is 84.6 cm³/mol. The third kappa shape index (κ3) is 7.11. The van der Waals surface area contributed by atoms with Crippen LogP contribution in [0, 0.1) is 0 Å². The van der Waals surface area contributed by atoms with E-state index in [1.807, 2.05) is 20.8 Å². The average molecular weight is 317 g/mol. The highest BCUT2D eigenvalue weighted by Crippen LogP contribution is 2.14. The molecule has 0 aromatic heterocycles. The number of amides is 1. The van der Waals surface area contributed by atoms with Crippen molar-refractivity contribution in [3.05, 3.63) is 41.7 Å². The molecule has 1 aromatic rings. The summed E-state index contributed by atoms with van der Waals surface area (Å²) >= 11 is 0. The van der Waals surface area contributed by atoms with Crippen LogP contribution >= 0.6 is 12.4 Å². The molecule has 0 aliphatic carbocycles. The number of carbonyl (C=O) groups is 1. The number of rotatable bonds is 5. The fraction of sp³-hybridized carbons (Fsp3) is 0.400. The van der Waals surface area contributed by atoms with Crippen molar-refractivity contribution in [1.82, 2.24) is 5.32 Å². The van der Waals surface area contributed by atoms with Gasteiger partial charge in [0.1, 0.15) is 12.4 Å². The minimum atomic E-state index is -0.284. The van der Waals surface area contributed by atoms with Crippen molar-refractivity contribution in [2.45, 2.75) is 26.3 Å². The first-order valence-corrected chi connectivity index (χ1v) is 6.39. The number of hydrogen-bond donors (Lipinski definition) is 2. The van der Waals surface area contributed by atoms with Crippen LogP contribution in [0.4, 0.5) is 4.39 Å². The summed E-state index contributed by atoms with van der Waals surface area (Å²) in [6.45, 7) is 5.96. The predicted octanol–water partition coefficient (Wildman–Crippen LogP) is 2.83. The maximum atomic E-state index is 12.3. The van der Waals surface area contributed by atoms with Gasteiger partial charge < -0.3 is 15.8 Å². The Morgan fingerprint density at radius 3 is 2.33 bits per heavy atom. The summed E-state index contributed by atoms with van der Waals surface area (Å²) < 4.78 is 17.7. The fourth-order valence-corrected chi connectivity index (χ4v) is 1.43. The Labute approximate surface area is 131 Å². The molecule has 3 N–H and O–H groups in total. The number of nitrogens with two attached hydrogens (primary N) is 1. The van der Waals surface area contributed by atoms with Gasteiger partial charge in [-0.25, -0.2) is 4.39 Å². The first kappa shape index (κ1) is 19.4. The van der Waals surface area contributed by atoms with Crippen LogP contribution in [-0.4, -0.2) is 24.6 Å². The van der Waals surface area contributed by atoms with Crippen molar-refractivity contribution < 1.29 is 13.9 Å². The van der Waals surface area contributed by atoms with E-state index >= 15 is 0 Å². The summed E-state index contributed by atoms with van der Waals surface area (Å²) in [5.41, 5.74) is 5.97. The summed E-state index contributed by atoms with van der Waals surface area (Å²) in [5.74, 6) is 0.417. The summed E-state index contributed by atoms with van der Waals surface area (Å²) in [7, 11) is 0.